The number of H-pyrrole nitrogens is 2. The molecule has 0 saturated carbocycles. The molecule has 2 heterocycles. The quantitative estimate of drug-likeness (QED) is 0.417. The predicted molar refractivity (Wildman–Crippen MR) is 90.5 cm³/mol. The smallest absolute Gasteiger partial charge is 0.238 e. The maximum Gasteiger partial charge on any atom is 0.238 e. The van der Waals surface area contributed by atoms with Crippen molar-refractivity contribution in [1.29, 1.82) is 0 Å². The number of sulfonamides is 1. The summed E-state index contributed by atoms with van der Waals surface area (Å²) >= 11 is 0. The second kappa shape index (κ2) is 5.36. The number of hydrogen-bond donors (Lipinski definition) is 4. The van der Waals surface area contributed by atoms with E-state index in [1.165, 1.54) is 6.07 Å². The van der Waals surface area contributed by atoms with Gasteiger partial charge < -0.3 is 10.7 Å². The minimum atomic E-state index is -4.01. The largest absolute Gasteiger partial charge is 0.369 e. The van der Waals surface area contributed by atoms with Crippen molar-refractivity contribution in [3.05, 3.63) is 36.4 Å². The lowest BCUT2D eigenvalue weighted by Gasteiger charge is -2.11. The van der Waals surface area contributed by atoms with Gasteiger partial charge in [-0.05, 0) is 22.9 Å². The number of anilines is 1. The number of nitrogens with zero attached hydrogens (tertiary/aromatic N) is 4. The normalized spacial score (nSPS) is 11.9. The number of para-hydroxylation sites is 1. The van der Waals surface area contributed by atoms with Crippen LogP contribution in [-0.2, 0) is 10.0 Å². The third-order valence-electron chi connectivity index (χ3n) is 3.72. The predicted octanol–water partition coefficient (Wildman–Crippen LogP) is 0.640. The summed E-state index contributed by atoms with van der Waals surface area (Å²) in [7, 11) is -4.01. The molecule has 0 aliphatic rings. The number of aromatic nitrogens is 6. The number of nitrogens with two attached hydrogens (primary N) is 2. The lowest BCUT2D eigenvalue weighted by Crippen LogP contribution is -2.14. The molecule has 0 saturated heterocycles. The molecule has 25 heavy (non-hydrogen) atoms. The van der Waals surface area contributed by atoms with Gasteiger partial charge in [-0.2, -0.15) is 5.21 Å². The van der Waals surface area contributed by atoms with Crippen molar-refractivity contribution in [1.82, 2.24) is 30.6 Å². The molecule has 0 spiro atoms. The number of fused-ring (bicyclic) bond motifs is 1. The van der Waals surface area contributed by atoms with Crippen LogP contribution in [0.25, 0.3) is 33.5 Å². The van der Waals surface area contributed by atoms with Gasteiger partial charge in [0, 0.05) is 5.56 Å². The lowest BCUT2D eigenvalue weighted by atomic mass is 9.98. The van der Waals surface area contributed by atoms with Gasteiger partial charge in [0.1, 0.15) is 0 Å². The van der Waals surface area contributed by atoms with Crippen LogP contribution in [0.5, 0.6) is 0 Å². The number of primary sulfonamides is 1. The van der Waals surface area contributed by atoms with E-state index in [0.29, 0.717) is 16.6 Å². The third kappa shape index (κ3) is 2.51. The highest BCUT2D eigenvalue weighted by Crippen LogP contribution is 2.37. The molecule has 0 aliphatic heterocycles. The summed E-state index contributed by atoms with van der Waals surface area (Å²) in [6, 6.07) is 10.1. The summed E-state index contributed by atoms with van der Waals surface area (Å²) in [6.07, 6.45) is 0. The van der Waals surface area contributed by atoms with E-state index in [4.69, 9.17) is 10.9 Å². The highest BCUT2D eigenvalue weighted by Gasteiger charge is 2.23. The van der Waals surface area contributed by atoms with E-state index in [0.717, 1.165) is 5.52 Å². The number of imidazole rings is 1. The molecule has 2 aromatic carbocycles. The molecule has 0 radical (unpaired) electrons. The average Bonchev–Trinajstić information content (AvgIpc) is 3.21. The fourth-order valence-corrected chi connectivity index (χ4v) is 3.51. The van der Waals surface area contributed by atoms with Crippen molar-refractivity contribution in [2.45, 2.75) is 4.90 Å². The highest BCUT2D eigenvalue weighted by molar-refractivity contribution is 7.89. The van der Waals surface area contributed by atoms with E-state index < -0.39 is 10.0 Å². The molecule has 0 unspecified atom stereocenters. The number of hydrogen-bond acceptors (Lipinski definition) is 7. The van der Waals surface area contributed by atoms with Gasteiger partial charge >= 0.3 is 0 Å². The standard InChI is InChI=1S/C14H12N8O2S/c15-14-17-9-5-1-4-8(12(9)18-14)7-3-2-6-10(25(16,23)24)11(7)13-19-21-22-20-13/h1-6H,(H3,15,17,18)(H2,16,23,24)(H,19,20,21,22). The highest BCUT2D eigenvalue weighted by atomic mass is 32.2. The van der Waals surface area contributed by atoms with Crippen molar-refractivity contribution in [3.63, 3.8) is 0 Å². The number of rotatable bonds is 3. The molecule has 10 nitrogen and oxygen atoms in total. The summed E-state index contributed by atoms with van der Waals surface area (Å²) in [6.45, 7) is 0. The van der Waals surface area contributed by atoms with Gasteiger partial charge in [-0.1, -0.05) is 24.3 Å². The van der Waals surface area contributed by atoms with Crippen LogP contribution in [-0.4, -0.2) is 39.0 Å². The molecule has 126 valence electrons. The molecular weight excluding hydrogens is 344 g/mol. The Kier molecular flexibility index (Phi) is 3.26. The second-order valence-electron chi connectivity index (χ2n) is 5.28. The van der Waals surface area contributed by atoms with Gasteiger partial charge in [-0.3, -0.25) is 0 Å². The maximum absolute atomic E-state index is 12.0. The van der Waals surface area contributed by atoms with Gasteiger partial charge in [0.15, 0.2) is 5.95 Å². The third-order valence-corrected chi connectivity index (χ3v) is 4.68. The Balaban J connectivity index is 2.12. The fourth-order valence-electron chi connectivity index (χ4n) is 2.76. The summed E-state index contributed by atoms with van der Waals surface area (Å²) < 4.78 is 24.1. The van der Waals surface area contributed by atoms with Crippen LogP contribution in [0.3, 0.4) is 0 Å². The van der Waals surface area contributed by atoms with E-state index in [9.17, 15) is 8.42 Å². The first-order valence-corrected chi connectivity index (χ1v) is 8.64. The fraction of sp³-hybridized carbons (Fsp3) is 0. The zero-order valence-corrected chi connectivity index (χ0v) is 13.4. The zero-order chi connectivity index (χ0) is 17.6. The zero-order valence-electron chi connectivity index (χ0n) is 12.6. The molecule has 0 atom stereocenters. The molecule has 4 aromatic rings. The minimum Gasteiger partial charge on any atom is -0.369 e. The van der Waals surface area contributed by atoms with E-state index in [2.05, 4.69) is 30.6 Å². The number of tetrazole rings is 1. The van der Waals surface area contributed by atoms with Crippen molar-refractivity contribution in [3.8, 4) is 22.5 Å². The Labute approximate surface area is 141 Å². The molecule has 2 aromatic heterocycles. The second-order valence-corrected chi connectivity index (χ2v) is 6.81. The lowest BCUT2D eigenvalue weighted by molar-refractivity contribution is 0.598. The summed E-state index contributed by atoms with van der Waals surface area (Å²) in [5.41, 5.74) is 8.51. The molecule has 6 N–H and O–H groups in total. The molecule has 11 heteroatoms. The van der Waals surface area contributed by atoms with Gasteiger partial charge in [0.2, 0.25) is 15.8 Å². The topological polar surface area (TPSA) is 169 Å². The molecule has 0 bridgehead atoms. The summed E-state index contributed by atoms with van der Waals surface area (Å²) in [4.78, 5) is 7.12. The SMILES string of the molecule is Nc1nc2c(-c3cccc(S(N)(=O)=O)c3-c3nn[nH]n3)cccc2[nH]1. The Morgan fingerprint density at radius 1 is 1.04 bits per heavy atom. The van der Waals surface area contributed by atoms with Crippen LogP contribution in [0.4, 0.5) is 5.95 Å². The number of benzene rings is 2. The van der Waals surface area contributed by atoms with Crippen LogP contribution in [0.15, 0.2) is 41.3 Å². The molecule has 0 fully saturated rings. The Morgan fingerprint density at radius 3 is 2.52 bits per heavy atom. The first-order chi connectivity index (χ1) is 11.9. The van der Waals surface area contributed by atoms with Gasteiger partial charge in [0.05, 0.1) is 21.5 Å². The van der Waals surface area contributed by atoms with Crippen molar-refractivity contribution >= 4 is 27.0 Å². The number of nitrogens with one attached hydrogen (secondary N) is 2. The van der Waals surface area contributed by atoms with E-state index in [1.807, 2.05) is 6.07 Å². The van der Waals surface area contributed by atoms with Crippen LogP contribution in [0.1, 0.15) is 0 Å². The monoisotopic (exact) mass is 356 g/mol. The maximum atomic E-state index is 12.0. The van der Waals surface area contributed by atoms with Crippen LogP contribution in [0, 0.1) is 0 Å². The first kappa shape index (κ1) is 15.2. The summed E-state index contributed by atoms with van der Waals surface area (Å²) in [5.74, 6) is 0.367. The van der Waals surface area contributed by atoms with Crippen LogP contribution in [0.2, 0.25) is 0 Å². The van der Waals surface area contributed by atoms with E-state index >= 15 is 0 Å². The van der Waals surface area contributed by atoms with Gasteiger partial charge in [0.25, 0.3) is 0 Å². The Bertz CT molecular complexity index is 1180. The number of nitrogen functional groups attached to an aromatic ring is 1. The first-order valence-electron chi connectivity index (χ1n) is 7.09. The Hall–Kier alpha value is -3.31. The van der Waals surface area contributed by atoms with Crippen LogP contribution >= 0.6 is 0 Å². The number of aromatic amines is 2. The minimum absolute atomic E-state index is 0.105. The molecule has 0 aliphatic carbocycles. The van der Waals surface area contributed by atoms with Crippen molar-refractivity contribution in [2.24, 2.45) is 5.14 Å². The Morgan fingerprint density at radius 2 is 1.80 bits per heavy atom. The van der Waals surface area contributed by atoms with Gasteiger partial charge in [-0.15, -0.1) is 10.2 Å². The summed E-state index contributed by atoms with van der Waals surface area (Å²) in [5, 5.41) is 19.0. The van der Waals surface area contributed by atoms with Crippen LogP contribution < -0.4 is 10.9 Å². The van der Waals surface area contributed by atoms with Crippen molar-refractivity contribution in [2.75, 3.05) is 5.73 Å². The van der Waals surface area contributed by atoms with E-state index in [-0.39, 0.29) is 22.2 Å². The average molecular weight is 356 g/mol. The molecule has 0 amide bonds. The molecular formula is C14H12N8O2S. The van der Waals surface area contributed by atoms with Crippen molar-refractivity contribution < 1.29 is 8.42 Å². The van der Waals surface area contributed by atoms with E-state index in [1.54, 1.807) is 24.3 Å². The van der Waals surface area contributed by atoms with Gasteiger partial charge in [-0.25, -0.2) is 18.5 Å². The molecule has 4 rings (SSSR count).